The Morgan fingerprint density at radius 3 is 2.29 bits per heavy atom. The SMILES string of the molecule is C#CCCCCN1CCN(CCCCC(=O)N2CCc3c(nc(C)n3C3CC4N(CCC(NC(=O)C5CCC(F)(F)CC5)c5ccccc5)C5CCC543)C2)CC1. The molecule has 3 aliphatic carbocycles. The molecule has 2 amide bonds. The molecule has 3 aliphatic heterocycles. The van der Waals surface area contributed by atoms with Crippen LogP contribution in [0.25, 0.3) is 0 Å². The molecule has 4 heterocycles. The lowest BCUT2D eigenvalue weighted by atomic mass is 9.40. The summed E-state index contributed by atoms with van der Waals surface area (Å²) in [6.45, 7) is 11.2. The van der Waals surface area contributed by atoms with Crippen LogP contribution >= 0.6 is 0 Å². The highest BCUT2D eigenvalue weighted by atomic mass is 19.3. The summed E-state index contributed by atoms with van der Waals surface area (Å²) < 4.78 is 30.2. The first-order chi connectivity index (χ1) is 27.2. The average Bonchev–Trinajstić information content (AvgIpc) is 3.50. The van der Waals surface area contributed by atoms with Gasteiger partial charge in [0, 0.05) is 107 Å². The first kappa shape index (κ1) is 39.5. The van der Waals surface area contributed by atoms with Crippen LogP contribution in [0, 0.1) is 30.6 Å². The summed E-state index contributed by atoms with van der Waals surface area (Å²) in [4.78, 5) is 41.6. The number of aromatic nitrogens is 2. The fraction of sp³-hybridized carbons (Fsp3) is 0.711. The molecule has 5 unspecified atom stereocenters. The zero-order valence-corrected chi connectivity index (χ0v) is 33.6. The molecule has 1 N–H and O–H groups in total. The number of piperidine rings is 2. The Morgan fingerprint density at radius 2 is 1.62 bits per heavy atom. The maximum atomic E-state index is 13.8. The Bertz CT molecular complexity index is 1720. The molecule has 1 aromatic heterocycles. The van der Waals surface area contributed by atoms with Gasteiger partial charge >= 0.3 is 0 Å². The van der Waals surface area contributed by atoms with Crippen LogP contribution in [-0.2, 0) is 22.6 Å². The van der Waals surface area contributed by atoms with Gasteiger partial charge in [0.05, 0.1) is 18.3 Å². The van der Waals surface area contributed by atoms with Gasteiger partial charge in [-0.1, -0.05) is 30.3 Å². The highest BCUT2D eigenvalue weighted by Crippen LogP contribution is 2.73. The fourth-order valence-electron chi connectivity index (χ4n) is 11.4. The van der Waals surface area contributed by atoms with Gasteiger partial charge in [0.2, 0.25) is 17.7 Å². The maximum Gasteiger partial charge on any atom is 0.248 e. The molecule has 56 heavy (non-hydrogen) atoms. The molecule has 5 fully saturated rings. The highest BCUT2D eigenvalue weighted by molar-refractivity contribution is 5.79. The molecule has 1 aromatic carbocycles. The van der Waals surface area contributed by atoms with Crippen molar-refractivity contribution in [1.29, 1.82) is 0 Å². The summed E-state index contributed by atoms with van der Waals surface area (Å²) in [5, 5.41) is 3.28. The van der Waals surface area contributed by atoms with Gasteiger partial charge < -0.3 is 24.6 Å². The molecular weight excluding hydrogens is 709 g/mol. The molecule has 5 atom stereocenters. The molecule has 0 radical (unpaired) electrons. The van der Waals surface area contributed by atoms with Gasteiger partial charge in [-0.05, 0) is 89.8 Å². The van der Waals surface area contributed by atoms with Crippen LogP contribution in [0.2, 0.25) is 0 Å². The average molecular weight is 772 g/mol. The zero-order valence-electron chi connectivity index (χ0n) is 33.6. The van der Waals surface area contributed by atoms with Crippen molar-refractivity contribution in [3.63, 3.8) is 0 Å². The van der Waals surface area contributed by atoms with Crippen molar-refractivity contribution in [2.45, 2.75) is 140 Å². The predicted octanol–water partition coefficient (Wildman–Crippen LogP) is 6.52. The summed E-state index contributed by atoms with van der Waals surface area (Å²) in [5.74, 6) is 1.03. The quantitative estimate of drug-likeness (QED) is 0.155. The van der Waals surface area contributed by atoms with E-state index in [1.807, 2.05) is 23.1 Å². The van der Waals surface area contributed by atoms with Crippen LogP contribution in [0.4, 0.5) is 8.78 Å². The predicted molar refractivity (Wildman–Crippen MR) is 214 cm³/mol. The number of carbonyl (C=O) groups is 2. The standard InChI is InChI=1S/C45H63F2N7O2/c1-3-4-5-10-23-50-27-29-51(30-28-50)24-11-9-14-42(55)52-25-19-38-37(32-52)48-33(2)54(38)41-31-40-45(41)22-17-39(45)53(40)26-18-36(34-12-7-6-8-13-34)49-43(56)35-15-20-44(46,47)21-16-35/h1,6-8,12-13,35-36,39-41H,4-5,9-11,14-32H2,2H3,(H,49,56). The lowest BCUT2D eigenvalue weighted by Crippen LogP contribution is -2.85. The number of imidazole rings is 1. The van der Waals surface area contributed by atoms with E-state index in [0.717, 1.165) is 114 Å². The van der Waals surface area contributed by atoms with E-state index in [2.05, 4.69) is 49.6 Å². The summed E-state index contributed by atoms with van der Waals surface area (Å²) in [6.07, 6.45) is 16.5. The highest BCUT2D eigenvalue weighted by Gasteiger charge is 2.75. The Kier molecular flexibility index (Phi) is 11.9. The largest absolute Gasteiger partial charge is 0.349 e. The number of hydrogen-bond acceptors (Lipinski definition) is 6. The van der Waals surface area contributed by atoms with Crippen LogP contribution in [-0.4, -0.2) is 111 Å². The van der Waals surface area contributed by atoms with Crippen molar-refractivity contribution in [2.24, 2.45) is 11.3 Å². The fourth-order valence-corrected chi connectivity index (χ4v) is 11.4. The van der Waals surface area contributed by atoms with E-state index in [0.29, 0.717) is 36.5 Å². The number of unbranched alkanes of at least 4 members (excludes halogenated alkanes) is 3. The van der Waals surface area contributed by atoms with Crippen LogP contribution in [0.1, 0.15) is 125 Å². The van der Waals surface area contributed by atoms with E-state index < -0.39 is 5.92 Å². The van der Waals surface area contributed by atoms with Crippen LogP contribution < -0.4 is 5.32 Å². The Morgan fingerprint density at radius 1 is 0.911 bits per heavy atom. The minimum Gasteiger partial charge on any atom is -0.349 e. The Labute approximate surface area is 332 Å². The number of carbonyl (C=O) groups excluding carboxylic acids is 2. The van der Waals surface area contributed by atoms with Crippen molar-refractivity contribution in [2.75, 3.05) is 52.4 Å². The van der Waals surface area contributed by atoms with Crippen molar-refractivity contribution >= 4 is 11.8 Å². The second kappa shape index (κ2) is 16.9. The number of amides is 2. The number of rotatable bonds is 16. The minimum atomic E-state index is -2.64. The van der Waals surface area contributed by atoms with Gasteiger partial charge in [-0.3, -0.25) is 14.5 Å². The zero-order chi connectivity index (χ0) is 38.9. The molecule has 1 spiro atoms. The van der Waals surface area contributed by atoms with Gasteiger partial charge in [0.1, 0.15) is 5.82 Å². The van der Waals surface area contributed by atoms with Gasteiger partial charge in [0.25, 0.3) is 0 Å². The van der Waals surface area contributed by atoms with E-state index >= 15 is 0 Å². The number of aryl methyl sites for hydroxylation is 1. The molecule has 11 heteroatoms. The summed E-state index contributed by atoms with van der Waals surface area (Å²) >= 11 is 0. The number of halogens is 2. The van der Waals surface area contributed by atoms with Crippen LogP contribution in [0.5, 0.6) is 0 Å². The third kappa shape index (κ3) is 7.92. The molecular formula is C45H63F2N7O2. The Hall–Kier alpha value is -3.33. The van der Waals surface area contributed by atoms with Crippen LogP contribution in [0.15, 0.2) is 30.3 Å². The van der Waals surface area contributed by atoms with Crippen molar-refractivity contribution in [3.8, 4) is 12.3 Å². The third-order valence-electron chi connectivity index (χ3n) is 14.8. The monoisotopic (exact) mass is 772 g/mol. The van der Waals surface area contributed by atoms with Crippen molar-refractivity contribution in [3.05, 3.63) is 53.1 Å². The number of nitrogens with zero attached hydrogens (tertiary/aromatic N) is 6. The molecule has 3 saturated carbocycles. The second-order valence-corrected chi connectivity index (χ2v) is 17.9. The lowest BCUT2D eigenvalue weighted by molar-refractivity contribution is -0.295. The van der Waals surface area contributed by atoms with E-state index in [9.17, 15) is 18.4 Å². The second-order valence-electron chi connectivity index (χ2n) is 17.9. The van der Waals surface area contributed by atoms with E-state index in [1.165, 1.54) is 25.0 Å². The smallest absolute Gasteiger partial charge is 0.248 e. The normalized spacial score (nSPS) is 28.1. The van der Waals surface area contributed by atoms with Gasteiger partial charge in [-0.15, -0.1) is 12.3 Å². The first-order valence-electron chi connectivity index (χ1n) is 21.9. The molecule has 304 valence electrons. The topological polar surface area (TPSA) is 77.0 Å². The number of benzene rings is 1. The number of nitrogens with one attached hydrogen (secondary N) is 1. The molecule has 6 aliphatic rings. The number of alkyl halides is 2. The van der Waals surface area contributed by atoms with Crippen molar-refractivity contribution < 1.29 is 18.4 Å². The van der Waals surface area contributed by atoms with E-state index in [4.69, 9.17) is 11.4 Å². The molecule has 2 saturated heterocycles. The number of likely N-dealkylation sites (tertiary alicyclic amines) is 1. The molecule has 8 rings (SSSR count). The number of hydrogen-bond donors (Lipinski definition) is 1. The van der Waals surface area contributed by atoms with E-state index in [1.54, 1.807) is 0 Å². The van der Waals surface area contributed by atoms with Crippen LogP contribution in [0.3, 0.4) is 0 Å². The maximum absolute atomic E-state index is 13.8. The molecule has 9 nitrogen and oxygen atoms in total. The number of terminal acetylenes is 1. The summed E-state index contributed by atoms with van der Waals surface area (Å²) in [6, 6.07) is 11.6. The van der Waals surface area contributed by atoms with Gasteiger partial charge in [-0.2, -0.15) is 0 Å². The van der Waals surface area contributed by atoms with E-state index in [-0.39, 0.29) is 49.5 Å². The number of piperazine rings is 1. The molecule has 2 aromatic rings. The summed E-state index contributed by atoms with van der Waals surface area (Å²) in [7, 11) is 0. The number of fused-ring (bicyclic) bond motifs is 1. The summed E-state index contributed by atoms with van der Waals surface area (Å²) in [5.41, 5.74) is 3.82. The van der Waals surface area contributed by atoms with Crippen molar-refractivity contribution in [1.82, 2.24) is 34.5 Å². The lowest BCUT2D eigenvalue weighted by Gasteiger charge is -2.80. The van der Waals surface area contributed by atoms with Gasteiger partial charge in [0.15, 0.2) is 0 Å². The molecule has 0 bridgehead atoms. The third-order valence-corrected chi connectivity index (χ3v) is 14.8. The Balaban J connectivity index is 0.801. The first-order valence-corrected chi connectivity index (χ1v) is 21.9. The van der Waals surface area contributed by atoms with Gasteiger partial charge in [-0.25, -0.2) is 13.8 Å². The minimum absolute atomic E-state index is 0.0795.